The van der Waals surface area contributed by atoms with Gasteiger partial charge in [0.25, 0.3) is 0 Å². The molecule has 0 bridgehead atoms. The third-order valence-corrected chi connectivity index (χ3v) is 6.27. The summed E-state index contributed by atoms with van der Waals surface area (Å²) in [6.07, 6.45) is 15.9. The van der Waals surface area contributed by atoms with Gasteiger partial charge in [-0.05, 0) is 73.4 Å². The van der Waals surface area contributed by atoms with Crippen molar-refractivity contribution < 1.29 is 4.79 Å². The van der Waals surface area contributed by atoms with E-state index in [0.29, 0.717) is 6.54 Å². The lowest BCUT2D eigenvalue weighted by Gasteiger charge is -2.23. The van der Waals surface area contributed by atoms with Gasteiger partial charge in [-0.25, -0.2) is 0 Å². The van der Waals surface area contributed by atoms with Gasteiger partial charge in [0.15, 0.2) is 0 Å². The van der Waals surface area contributed by atoms with E-state index in [1.54, 1.807) is 17.3 Å². The Morgan fingerprint density at radius 2 is 1.78 bits per heavy atom. The summed E-state index contributed by atoms with van der Waals surface area (Å²) < 4.78 is 0. The highest BCUT2D eigenvalue weighted by Gasteiger charge is 2.12. The normalized spacial score (nSPS) is 13.2. The van der Waals surface area contributed by atoms with Crippen molar-refractivity contribution in [1.82, 2.24) is 10.2 Å². The van der Waals surface area contributed by atoms with Crippen LogP contribution < -0.4 is 5.32 Å². The minimum atomic E-state index is -0.126. The second kappa shape index (κ2) is 15.6. The summed E-state index contributed by atoms with van der Waals surface area (Å²) in [6.45, 7) is 11.2. The molecule has 0 spiro atoms. The molecule has 0 radical (unpaired) electrons. The van der Waals surface area contributed by atoms with E-state index in [2.05, 4.69) is 73.5 Å². The van der Waals surface area contributed by atoms with Gasteiger partial charge in [0.05, 0.1) is 11.7 Å². The lowest BCUT2D eigenvalue weighted by Crippen LogP contribution is -2.32. The monoisotopic (exact) mass is 485 g/mol. The molecular formula is C32H43N3O. The maximum atomic E-state index is 11.8. The Morgan fingerprint density at radius 1 is 1.06 bits per heavy atom. The third kappa shape index (κ3) is 9.69. The van der Waals surface area contributed by atoms with Crippen molar-refractivity contribution in [2.45, 2.75) is 66.5 Å². The Morgan fingerprint density at radius 3 is 2.39 bits per heavy atom. The molecule has 36 heavy (non-hydrogen) atoms. The fourth-order valence-electron chi connectivity index (χ4n) is 3.90. The fraction of sp³-hybridized carbons (Fsp3) is 0.375. The smallest absolute Gasteiger partial charge is 0.210 e. The number of likely N-dealkylation sites (N-methyl/N-ethyl adjacent to an activating group) is 1. The number of carbonyl (C=O) groups excluding carboxylic acids is 1. The number of nitrogens with one attached hydrogen (secondary N) is 1. The minimum Gasteiger partial charge on any atom is -0.387 e. The zero-order valence-corrected chi connectivity index (χ0v) is 22.9. The molecule has 0 aliphatic carbocycles. The number of aliphatic imine (C=N–C) groups is 1. The van der Waals surface area contributed by atoms with Crippen molar-refractivity contribution in [3.05, 3.63) is 95.4 Å². The number of carbonyl (C=O) groups is 1. The molecule has 2 aromatic carbocycles. The Bertz CT molecular complexity index is 1060. The van der Waals surface area contributed by atoms with E-state index in [1.165, 1.54) is 35.1 Å². The quantitative estimate of drug-likeness (QED) is 0.174. The SMILES string of the molecule is C\C=C/C=C\C(=C\N=CC(C)N(C=O)Cc1ccc(-c2ccc(CCCC(C)C)cc2)cc1C)NC. The highest BCUT2D eigenvalue weighted by molar-refractivity contribution is 5.69. The zero-order valence-electron chi connectivity index (χ0n) is 22.9. The minimum absolute atomic E-state index is 0.126. The number of hydrogen-bond donors (Lipinski definition) is 1. The topological polar surface area (TPSA) is 44.7 Å². The zero-order chi connectivity index (χ0) is 26.3. The number of allylic oxidation sites excluding steroid dienone is 4. The van der Waals surface area contributed by atoms with E-state index in [-0.39, 0.29) is 6.04 Å². The molecule has 0 saturated carbocycles. The van der Waals surface area contributed by atoms with Crippen LogP contribution in [0.3, 0.4) is 0 Å². The molecule has 0 aliphatic rings. The van der Waals surface area contributed by atoms with E-state index in [0.717, 1.165) is 30.0 Å². The maximum absolute atomic E-state index is 11.8. The first-order chi connectivity index (χ1) is 17.4. The first-order valence-electron chi connectivity index (χ1n) is 13.0. The third-order valence-electron chi connectivity index (χ3n) is 6.27. The summed E-state index contributed by atoms with van der Waals surface area (Å²) in [5.74, 6) is 0.759. The summed E-state index contributed by atoms with van der Waals surface area (Å²) in [5, 5.41) is 3.10. The maximum Gasteiger partial charge on any atom is 0.210 e. The van der Waals surface area contributed by atoms with Gasteiger partial charge in [-0.1, -0.05) is 81.0 Å². The van der Waals surface area contributed by atoms with Gasteiger partial charge < -0.3 is 10.2 Å². The summed E-state index contributed by atoms with van der Waals surface area (Å²) in [6, 6.07) is 15.3. The van der Waals surface area contributed by atoms with Crippen molar-refractivity contribution in [3.8, 4) is 11.1 Å². The van der Waals surface area contributed by atoms with E-state index in [4.69, 9.17) is 0 Å². The van der Waals surface area contributed by atoms with Gasteiger partial charge in [0.1, 0.15) is 0 Å². The van der Waals surface area contributed by atoms with E-state index in [1.807, 2.05) is 45.2 Å². The summed E-state index contributed by atoms with van der Waals surface area (Å²) in [5.41, 5.74) is 7.03. The molecule has 192 valence electrons. The number of aryl methyl sites for hydroxylation is 2. The Hall–Kier alpha value is -3.40. The van der Waals surface area contributed by atoms with Crippen LogP contribution in [0.5, 0.6) is 0 Å². The van der Waals surface area contributed by atoms with E-state index >= 15 is 0 Å². The number of hydrogen-bond acceptors (Lipinski definition) is 3. The van der Waals surface area contributed by atoms with Crippen LogP contribution in [-0.2, 0) is 17.8 Å². The van der Waals surface area contributed by atoms with Crippen molar-refractivity contribution in [1.29, 1.82) is 0 Å². The van der Waals surface area contributed by atoms with Crippen molar-refractivity contribution in [3.63, 3.8) is 0 Å². The van der Waals surface area contributed by atoms with Gasteiger partial charge in [0.2, 0.25) is 6.41 Å². The number of benzene rings is 2. The van der Waals surface area contributed by atoms with Crippen LogP contribution in [-0.4, -0.2) is 30.6 Å². The van der Waals surface area contributed by atoms with Crippen LogP contribution in [0.4, 0.5) is 0 Å². The first kappa shape index (κ1) is 28.8. The first-order valence-corrected chi connectivity index (χ1v) is 13.0. The van der Waals surface area contributed by atoms with Crippen LogP contribution in [0.2, 0.25) is 0 Å². The largest absolute Gasteiger partial charge is 0.387 e. The van der Waals surface area contributed by atoms with Gasteiger partial charge in [-0.15, -0.1) is 0 Å². The van der Waals surface area contributed by atoms with Crippen molar-refractivity contribution in [2.24, 2.45) is 10.9 Å². The molecule has 0 saturated heterocycles. The van der Waals surface area contributed by atoms with Crippen LogP contribution >= 0.6 is 0 Å². The standard InChI is InChI=1S/C32H43N3O/c1-7-8-9-13-32(33-6)22-34-21-27(5)35(24-36)23-31-19-18-30(20-26(31)4)29-16-14-28(15-17-29)12-10-11-25(2)3/h7-9,13-22,24-25,27,33H,10-12,23H2,1-6H3/b8-7-,13-9-,32-22-,34-21?. The second-order valence-corrected chi connectivity index (χ2v) is 9.66. The predicted octanol–water partition coefficient (Wildman–Crippen LogP) is 7.25. The fourth-order valence-corrected chi connectivity index (χ4v) is 3.90. The number of nitrogens with zero attached hydrogens (tertiary/aromatic N) is 2. The molecule has 0 fully saturated rings. The van der Waals surface area contributed by atoms with Crippen LogP contribution in [0.15, 0.2) is 83.7 Å². The molecule has 0 heterocycles. The van der Waals surface area contributed by atoms with Crippen molar-refractivity contribution >= 4 is 12.6 Å². The van der Waals surface area contributed by atoms with E-state index < -0.39 is 0 Å². The molecule has 4 nitrogen and oxygen atoms in total. The molecule has 0 aromatic heterocycles. The molecule has 2 aromatic rings. The molecule has 1 unspecified atom stereocenters. The van der Waals surface area contributed by atoms with Gasteiger partial charge in [-0.2, -0.15) is 0 Å². The van der Waals surface area contributed by atoms with Gasteiger partial charge >= 0.3 is 0 Å². The highest BCUT2D eigenvalue weighted by atomic mass is 16.1. The van der Waals surface area contributed by atoms with E-state index in [9.17, 15) is 4.79 Å². The van der Waals surface area contributed by atoms with Crippen LogP contribution in [0, 0.1) is 12.8 Å². The number of rotatable bonds is 14. The number of amides is 1. The van der Waals surface area contributed by atoms with Gasteiger partial charge in [-0.3, -0.25) is 9.79 Å². The Kier molecular flexibility index (Phi) is 12.5. The molecule has 1 amide bonds. The van der Waals surface area contributed by atoms with Crippen molar-refractivity contribution in [2.75, 3.05) is 7.05 Å². The summed E-state index contributed by atoms with van der Waals surface area (Å²) in [4.78, 5) is 18.0. The molecule has 0 aliphatic heterocycles. The average molecular weight is 486 g/mol. The lowest BCUT2D eigenvalue weighted by molar-refractivity contribution is -0.119. The molecule has 4 heteroatoms. The van der Waals surface area contributed by atoms with Crippen LogP contribution in [0.25, 0.3) is 11.1 Å². The lowest BCUT2D eigenvalue weighted by atomic mass is 9.97. The highest BCUT2D eigenvalue weighted by Crippen LogP contribution is 2.24. The average Bonchev–Trinajstić information content (AvgIpc) is 2.87. The summed E-state index contributed by atoms with van der Waals surface area (Å²) >= 11 is 0. The summed E-state index contributed by atoms with van der Waals surface area (Å²) in [7, 11) is 1.86. The van der Waals surface area contributed by atoms with Gasteiger partial charge in [0, 0.05) is 26.0 Å². The Balaban J connectivity index is 2.04. The Labute approximate surface area is 218 Å². The van der Waals surface area contributed by atoms with Crippen LogP contribution in [0.1, 0.15) is 57.2 Å². The second-order valence-electron chi connectivity index (χ2n) is 9.66. The molecule has 1 atom stereocenters. The molecule has 2 rings (SSSR count). The molecule has 1 N–H and O–H groups in total. The predicted molar refractivity (Wildman–Crippen MR) is 155 cm³/mol. The molecular weight excluding hydrogens is 442 g/mol.